The van der Waals surface area contributed by atoms with Crippen LogP contribution in [0.15, 0.2) is 0 Å². The molecule has 0 radical (unpaired) electrons. The minimum atomic E-state index is 0.508. The van der Waals surface area contributed by atoms with Gasteiger partial charge in [0.1, 0.15) is 0 Å². The maximum Gasteiger partial charge on any atom is 0.0842 e. The summed E-state index contributed by atoms with van der Waals surface area (Å²) in [7, 11) is 0. The van der Waals surface area contributed by atoms with Gasteiger partial charge in [0.25, 0.3) is 0 Å². The van der Waals surface area contributed by atoms with Crippen molar-refractivity contribution in [2.45, 2.75) is 51.5 Å². The van der Waals surface area contributed by atoms with Crippen LogP contribution in [0.2, 0.25) is 0 Å². The van der Waals surface area contributed by atoms with Crippen LogP contribution in [0.3, 0.4) is 0 Å². The smallest absolute Gasteiger partial charge is 0.0842 e. The minimum absolute atomic E-state index is 0.508. The summed E-state index contributed by atoms with van der Waals surface area (Å²) in [6.07, 6.45) is 8.91. The summed E-state index contributed by atoms with van der Waals surface area (Å²) in [5.74, 6) is 5.17. The van der Waals surface area contributed by atoms with Gasteiger partial charge in [-0.1, -0.05) is 0 Å². The van der Waals surface area contributed by atoms with Crippen LogP contribution in [0.4, 0.5) is 0 Å². The van der Waals surface area contributed by atoms with Crippen molar-refractivity contribution in [3.05, 3.63) is 0 Å². The number of rotatable bonds is 4. The summed E-state index contributed by atoms with van der Waals surface area (Å²) in [4.78, 5) is 0. The molecule has 0 amide bonds. The Morgan fingerprint density at radius 1 is 1.12 bits per heavy atom. The number of nitriles is 1. The second-order valence-corrected chi connectivity index (χ2v) is 6.77. The molecule has 0 saturated heterocycles. The highest BCUT2D eigenvalue weighted by Crippen LogP contribution is 2.57. The fourth-order valence-electron chi connectivity index (χ4n) is 5.13. The van der Waals surface area contributed by atoms with Gasteiger partial charge in [-0.25, -0.2) is 0 Å². The van der Waals surface area contributed by atoms with E-state index >= 15 is 0 Å². The van der Waals surface area contributed by atoms with Crippen molar-refractivity contribution in [3.63, 3.8) is 0 Å². The molecule has 4 aliphatic carbocycles. The summed E-state index contributed by atoms with van der Waals surface area (Å²) in [5, 5.41) is 11.9. The first-order valence-corrected chi connectivity index (χ1v) is 7.36. The first-order valence-electron chi connectivity index (χ1n) is 7.36. The predicted molar refractivity (Wildman–Crippen MR) is 68.2 cm³/mol. The Kier molecular flexibility index (Phi) is 3.13. The molecule has 17 heavy (non-hydrogen) atoms. The Hall–Kier alpha value is -0.550. The third kappa shape index (κ3) is 2.22. The van der Waals surface area contributed by atoms with E-state index in [1.807, 2.05) is 0 Å². The van der Waals surface area contributed by atoms with Gasteiger partial charge in [0, 0.05) is 6.04 Å². The highest BCUT2D eigenvalue weighted by molar-refractivity contribution is 4.98. The zero-order valence-corrected chi connectivity index (χ0v) is 10.9. The van der Waals surface area contributed by atoms with Crippen LogP contribution in [0.5, 0.6) is 0 Å². The Labute approximate surface area is 105 Å². The SMILES string of the molecule is CC(CC1C2CC3CC(C2)CC1C3)NCC#N. The molecule has 0 heterocycles. The van der Waals surface area contributed by atoms with Crippen LogP contribution >= 0.6 is 0 Å². The fourth-order valence-corrected chi connectivity index (χ4v) is 5.13. The molecule has 0 aliphatic heterocycles. The number of nitrogens with zero attached hydrogens (tertiary/aromatic N) is 1. The van der Waals surface area contributed by atoms with Crippen molar-refractivity contribution in [1.29, 1.82) is 5.26 Å². The molecule has 1 atom stereocenters. The van der Waals surface area contributed by atoms with Crippen LogP contribution < -0.4 is 5.32 Å². The van der Waals surface area contributed by atoms with Crippen molar-refractivity contribution in [2.24, 2.45) is 29.6 Å². The largest absolute Gasteiger partial charge is 0.302 e. The van der Waals surface area contributed by atoms with Crippen molar-refractivity contribution >= 4 is 0 Å². The maximum absolute atomic E-state index is 8.61. The maximum atomic E-state index is 8.61. The molecule has 94 valence electrons. The first kappa shape index (κ1) is 11.5. The van der Waals surface area contributed by atoms with E-state index in [1.54, 1.807) is 6.42 Å². The van der Waals surface area contributed by atoms with E-state index in [9.17, 15) is 0 Å². The van der Waals surface area contributed by atoms with Crippen molar-refractivity contribution in [1.82, 2.24) is 5.32 Å². The monoisotopic (exact) mass is 232 g/mol. The van der Waals surface area contributed by atoms with Gasteiger partial charge in [0.15, 0.2) is 0 Å². The molecule has 4 saturated carbocycles. The first-order chi connectivity index (χ1) is 8.26. The van der Waals surface area contributed by atoms with Gasteiger partial charge < -0.3 is 5.32 Å². The molecule has 4 aliphatic rings. The molecule has 0 aromatic carbocycles. The predicted octanol–water partition coefficient (Wildman–Crippen LogP) is 2.95. The number of hydrogen-bond acceptors (Lipinski definition) is 2. The zero-order valence-electron chi connectivity index (χ0n) is 10.9. The topological polar surface area (TPSA) is 35.8 Å². The van der Waals surface area contributed by atoms with E-state index < -0.39 is 0 Å². The highest BCUT2D eigenvalue weighted by Gasteiger charge is 2.47. The number of hydrogen-bond donors (Lipinski definition) is 1. The summed E-state index contributed by atoms with van der Waals surface area (Å²) in [6, 6.07) is 2.71. The second-order valence-electron chi connectivity index (χ2n) is 6.77. The average molecular weight is 232 g/mol. The van der Waals surface area contributed by atoms with Gasteiger partial charge >= 0.3 is 0 Å². The average Bonchev–Trinajstić information content (AvgIpc) is 2.30. The van der Waals surface area contributed by atoms with Crippen LogP contribution in [0.25, 0.3) is 0 Å². The molecule has 1 N–H and O–H groups in total. The third-order valence-electron chi connectivity index (χ3n) is 5.58. The lowest BCUT2D eigenvalue weighted by atomic mass is 9.51. The minimum Gasteiger partial charge on any atom is -0.302 e. The molecule has 0 spiro atoms. The molecule has 1 unspecified atom stereocenters. The number of nitrogens with one attached hydrogen (secondary N) is 1. The van der Waals surface area contributed by atoms with E-state index in [-0.39, 0.29) is 0 Å². The molecule has 0 aromatic rings. The molecule has 4 bridgehead atoms. The Balaban J connectivity index is 1.59. The lowest BCUT2D eigenvalue weighted by molar-refractivity contribution is -0.0424. The van der Waals surface area contributed by atoms with Gasteiger partial charge in [0.05, 0.1) is 12.6 Å². The van der Waals surface area contributed by atoms with Crippen LogP contribution in [-0.4, -0.2) is 12.6 Å². The molecule has 2 nitrogen and oxygen atoms in total. The molecule has 4 fully saturated rings. The molecular weight excluding hydrogens is 208 g/mol. The lowest BCUT2D eigenvalue weighted by Crippen LogP contribution is -2.47. The second kappa shape index (κ2) is 4.61. The van der Waals surface area contributed by atoms with Gasteiger partial charge in [0.2, 0.25) is 0 Å². The van der Waals surface area contributed by atoms with E-state index in [2.05, 4.69) is 18.3 Å². The van der Waals surface area contributed by atoms with E-state index in [4.69, 9.17) is 5.26 Å². The van der Waals surface area contributed by atoms with Crippen molar-refractivity contribution < 1.29 is 0 Å². The van der Waals surface area contributed by atoms with Gasteiger partial charge in [-0.05, 0) is 75.0 Å². The Bertz CT molecular complexity index is 289. The normalized spacial score (nSPS) is 44.6. The molecule has 0 aromatic heterocycles. The van der Waals surface area contributed by atoms with E-state index in [0.717, 1.165) is 29.6 Å². The highest BCUT2D eigenvalue weighted by atomic mass is 14.9. The summed E-state index contributed by atoms with van der Waals surface area (Å²) in [5.41, 5.74) is 0. The van der Waals surface area contributed by atoms with Crippen molar-refractivity contribution in [2.75, 3.05) is 6.54 Å². The standard InChI is InChI=1S/C15H24N2/c1-10(17-3-2-16)4-15-13-6-11-5-12(8-13)9-14(15)7-11/h10-15,17H,3-9H2,1H3. The van der Waals surface area contributed by atoms with Crippen molar-refractivity contribution in [3.8, 4) is 6.07 Å². The summed E-state index contributed by atoms with van der Waals surface area (Å²) in [6.45, 7) is 2.76. The molecule has 2 heteroatoms. The van der Waals surface area contributed by atoms with Gasteiger partial charge in [-0.15, -0.1) is 0 Å². The quantitative estimate of drug-likeness (QED) is 0.756. The molecule has 4 rings (SSSR count). The van der Waals surface area contributed by atoms with Gasteiger partial charge in [-0.2, -0.15) is 5.26 Å². The Morgan fingerprint density at radius 2 is 1.71 bits per heavy atom. The fraction of sp³-hybridized carbons (Fsp3) is 0.933. The molecular formula is C15H24N2. The van der Waals surface area contributed by atoms with Crippen LogP contribution in [-0.2, 0) is 0 Å². The van der Waals surface area contributed by atoms with E-state index in [0.29, 0.717) is 12.6 Å². The van der Waals surface area contributed by atoms with E-state index in [1.165, 1.54) is 32.1 Å². The van der Waals surface area contributed by atoms with Crippen LogP contribution in [0, 0.1) is 40.9 Å². The Morgan fingerprint density at radius 3 is 2.24 bits per heavy atom. The van der Waals surface area contributed by atoms with Gasteiger partial charge in [-0.3, -0.25) is 0 Å². The zero-order chi connectivity index (χ0) is 11.8. The summed E-state index contributed by atoms with van der Waals surface area (Å²) >= 11 is 0. The lowest BCUT2D eigenvalue weighted by Gasteiger charge is -2.55. The third-order valence-corrected chi connectivity index (χ3v) is 5.58. The summed E-state index contributed by atoms with van der Waals surface area (Å²) < 4.78 is 0. The van der Waals surface area contributed by atoms with Crippen LogP contribution in [0.1, 0.15) is 45.4 Å².